The average molecular weight is 186 g/mol. The van der Waals surface area contributed by atoms with Gasteiger partial charge in [-0.25, -0.2) is 0 Å². The van der Waals surface area contributed by atoms with Crippen LogP contribution in [-0.2, 0) is 0 Å². The Bertz CT molecular complexity index is 346. The van der Waals surface area contributed by atoms with E-state index in [1.165, 1.54) is 22.3 Å². The third kappa shape index (κ3) is 1.79. The second kappa shape index (κ2) is 4.80. The summed E-state index contributed by atoms with van der Waals surface area (Å²) in [5.41, 5.74) is 5.42. The van der Waals surface area contributed by atoms with Crippen LogP contribution in [0.4, 0.5) is 0 Å². The predicted molar refractivity (Wildman–Crippen MR) is 64.2 cm³/mol. The Labute approximate surface area is 87.0 Å². The first kappa shape index (κ1) is 10.8. The summed E-state index contributed by atoms with van der Waals surface area (Å²) in [6.45, 7) is 10.1. The summed E-state index contributed by atoms with van der Waals surface area (Å²) in [6.07, 6.45) is 11.6. The zero-order valence-corrected chi connectivity index (χ0v) is 9.30. The molecule has 0 radical (unpaired) electrons. The fourth-order valence-corrected chi connectivity index (χ4v) is 1.93. The van der Waals surface area contributed by atoms with Gasteiger partial charge in [-0.05, 0) is 49.5 Å². The summed E-state index contributed by atoms with van der Waals surface area (Å²) in [5, 5.41) is 0. The quantitative estimate of drug-likeness (QED) is 0.601. The topological polar surface area (TPSA) is 0 Å². The zero-order chi connectivity index (χ0) is 10.6. The van der Waals surface area contributed by atoms with Crippen molar-refractivity contribution in [1.82, 2.24) is 0 Å². The van der Waals surface area contributed by atoms with Crippen molar-refractivity contribution in [2.24, 2.45) is 0 Å². The fourth-order valence-electron chi connectivity index (χ4n) is 1.93. The maximum absolute atomic E-state index is 3.88. The lowest BCUT2D eigenvalue weighted by Crippen LogP contribution is -1.81. The van der Waals surface area contributed by atoms with Crippen LogP contribution < -0.4 is 0 Å². The third-order valence-electron chi connectivity index (χ3n) is 2.57. The molecule has 1 aliphatic carbocycles. The van der Waals surface area contributed by atoms with Crippen molar-refractivity contribution >= 4 is 0 Å². The van der Waals surface area contributed by atoms with Gasteiger partial charge in [0.15, 0.2) is 0 Å². The maximum atomic E-state index is 3.88. The lowest BCUT2D eigenvalue weighted by Gasteiger charge is -2.00. The van der Waals surface area contributed by atoms with E-state index in [2.05, 4.69) is 51.7 Å². The molecule has 0 unspecified atom stereocenters. The smallest absolute Gasteiger partial charge is 0.00170 e. The first-order chi connectivity index (χ1) is 6.78. The van der Waals surface area contributed by atoms with E-state index >= 15 is 0 Å². The summed E-state index contributed by atoms with van der Waals surface area (Å²) in [7, 11) is 0. The van der Waals surface area contributed by atoms with E-state index in [4.69, 9.17) is 0 Å². The minimum Gasteiger partial charge on any atom is -0.0984 e. The highest BCUT2D eigenvalue weighted by atomic mass is 14.2. The Kier molecular flexibility index (Phi) is 3.70. The minimum absolute atomic E-state index is 1.04. The van der Waals surface area contributed by atoms with Crippen LogP contribution in [0.25, 0.3) is 0 Å². The Balaban J connectivity index is 3.21. The van der Waals surface area contributed by atoms with Crippen molar-refractivity contribution in [3.8, 4) is 0 Å². The van der Waals surface area contributed by atoms with Crippen molar-refractivity contribution in [2.75, 3.05) is 0 Å². The molecule has 14 heavy (non-hydrogen) atoms. The molecule has 0 atom stereocenters. The van der Waals surface area contributed by atoms with E-state index in [9.17, 15) is 0 Å². The summed E-state index contributed by atoms with van der Waals surface area (Å²) < 4.78 is 0. The summed E-state index contributed by atoms with van der Waals surface area (Å²) in [6, 6.07) is 0. The Morgan fingerprint density at radius 2 is 1.86 bits per heavy atom. The van der Waals surface area contributed by atoms with Gasteiger partial charge in [0, 0.05) is 0 Å². The largest absolute Gasteiger partial charge is 0.0984 e. The van der Waals surface area contributed by atoms with Crippen LogP contribution in [0.15, 0.2) is 59.3 Å². The molecule has 0 N–H and O–H groups in total. The monoisotopic (exact) mass is 186 g/mol. The van der Waals surface area contributed by atoms with Gasteiger partial charge < -0.3 is 0 Å². The third-order valence-corrected chi connectivity index (χ3v) is 2.57. The molecule has 0 nitrogen and oxygen atoms in total. The SMILES string of the molecule is C=CC1=C(/C=C\C)CC(=C/C)/C1=C\C. The highest BCUT2D eigenvalue weighted by Gasteiger charge is 2.18. The van der Waals surface area contributed by atoms with Gasteiger partial charge in [-0.15, -0.1) is 0 Å². The van der Waals surface area contributed by atoms with Crippen molar-refractivity contribution in [2.45, 2.75) is 27.2 Å². The van der Waals surface area contributed by atoms with Gasteiger partial charge in [-0.2, -0.15) is 0 Å². The molecule has 74 valence electrons. The minimum atomic E-state index is 1.04. The molecule has 0 aromatic carbocycles. The van der Waals surface area contributed by atoms with Gasteiger partial charge in [0.25, 0.3) is 0 Å². The summed E-state index contributed by atoms with van der Waals surface area (Å²) in [5.74, 6) is 0. The van der Waals surface area contributed by atoms with Crippen LogP contribution in [0.1, 0.15) is 27.2 Å². The van der Waals surface area contributed by atoms with Crippen LogP contribution in [0, 0.1) is 0 Å². The van der Waals surface area contributed by atoms with Gasteiger partial charge in [-0.1, -0.05) is 37.0 Å². The molecule has 0 saturated carbocycles. The lowest BCUT2D eigenvalue weighted by molar-refractivity contribution is 1.24. The number of hydrogen-bond donors (Lipinski definition) is 0. The molecule has 0 aromatic rings. The molecule has 0 bridgehead atoms. The molecule has 0 amide bonds. The van der Waals surface area contributed by atoms with Crippen LogP contribution in [0.5, 0.6) is 0 Å². The number of allylic oxidation sites excluding steroid dienone is 9. The molecule has 0 heteroatoms. The maximum Gasteiger partial charge on any atom is -0.00170 e. The van der Waals surface area contributed by atoms with Gasteiger partial charge in [-0.3, -0.25) is 0 Å². The van der Waals surface area contributed by atoms with E-state index in [-0.39, 0.29) is 0 Å². The van der Waals surface area contributed by atoms with Crippen LogP contribution in [0.2, 0.25) is 0 Å². The normalized spacial score (nSPS) is 23.1. The van der Waals surface area contributed by atoms with Gasteiger partial charge in [0.1, 0.15) is 0 Å². The number of rotatable bonds is 2. The molecule has 1 aliphatic rings. The second-order valence-electron chi connectivity index (χ2n) is 3.34. The van der Waals surface area contributed by atoms with Crippen molar-refractivity contribution in [1.29, 1.82) is 0 Å². The molecule has 0 spiro atoms. The molecular weight excluding hydrogens is 168 g/mol. The first-order valence-electron chi connectivity index (χ1n) is 5.09. The summed E-state index contributed by atoms with van der Waals surface area (Å²) >= 11 is 0. The first-order valence-corrected chi connectivity index (χ1v) is 5.09. The van der Waals surface area contributed by atoms with Gasteiger partial charge >= 0.3 is 0 Å². The van der Waals surface area contributed by atoms with E-state index in [0.717, 1.165) is 6.42 Å². The Morgan fingerprint density at radius 3 is 2.29 bits per heavy atom. The van der Waals surface area contributed by atoms with E-state index in [1.54, 1.807) is 0 Å². The zero-order valence-electron chi connectivity index (χ0n) is 9.30. The van der Waals surface area contributed by atoms with E-state index in [1.807, 2.05) is 6.08 Å². The van der Waals surface area contributed by atoms with Crippen molar-refractivity contribution in [3.63, 3.8) is 0 Å². The fraction of sp³-hybridized carbons (Fsp3) is 0.286. The highest BCUT2D eigenvalue weighted by Crippen LogP contribution is 2.37. The van der Waals surface area contributed by atoms with E-state index in [0.29, 0.717) is 0 Å². The molecular formula is C14H18. The van der Waals surface area contributed by atoms with Crippen LogP contribution in [-0.4, -0.2) is 0 Å². The van der Waals surface area contributed by atoms with Crippen LogP contribution >= 0.6 is 0 Å². The predicted octanol–water partition coefficient (Wildman–Crippen LogP) is 4.34. The molecule has 0 saturated heterocycles. The molecule has 0 heterocycles. The molecule has 0 aliphatic heterocycles. The second-order valence-corrected chi connectivity index (χ2v) is 3.34. The van der Waals surface area contributed by atoms with Crippen molar-refractivity contribution < 1.29 is 0 Å². The summed E-state index contributed by atoms with van der Waals surface area (Å²) in [4.78, 5) is 0. The Morgan fingerprint density at radius 1 is 1.14 bits per heavy atom. The van der Waals surface area contributed by atoms with E-state index < -0.39 is 0 Å². The average Bonchev–Trinajstić information content (AvgIpc) is 2.55. The van der Waals surface area contributed by atoms with Crippen LogP contribution in [0.3, 0.4) is 0 Å². The van der Waals surface area contributed by atoms with Gasteiger partial charge in [0.2, 0.25) is 0 Å². The molecule has 1 rings (SSSR count). The lowest BCUT2D eigenvalue weighted by atomic mass is 10.0. The highest BCUT2D eigenvalue weighted by molar-refractivity contribution is 5.62. The molecule has 0 aromatic heterocycles. The molecule has 0 fully saturated rings. The number of hydrogen-bond acceptors (Lipinski definition) is 0. The Hall–Kier alpha value is -1.30. The van der Waals surface area contributed by atoms with Crippen molar-refractivity contribution in [3.05, 3.63) is 59.3 Å². The van der Waals surface area contributed by atoms with Gasteiger partial charge in [0.05, 0.1) is 0 Å². The standard InChI is InChI=1S/C14H18/c1-5-9-12-10-11(6-2)13(7-3)14(12)8-4/h5-9H,4,10H2,1-3H3/b9-5-,11-6-,13-7+.